The second-order valence-electron chi connectivity index (χ2n) is 4.32. The molecule has 0 aliphatic rings. The van der Waals surface area contributed by atoms with E-state index in [9.17, 15) is 9.59 Å². The average molecular weight is 289 g/mol. The zero-order valence-corrected chi connectivity index (χ0v) is 11.2. The molecule has 0 saturated carbocycles. The van der Waals surface area contributed by atoms with E-state index in [0.717, 1.165) is 5.56 Å². The topological polar surface area (TPSA) is 93.5 Å². The molecular formula is C14H15N3O4. The first-order chi connectivity index (χ1) is 10.1. The number of hydrogen-bond donors (Lipinski definition) is 2. The Kier molecular flexibility index (Phi) is 4.92. The van der Waals surface area contributed by atoms with Gasteiger partial charge in [0, 0.05) is 12.4 Å². The molecule has 2 rings (SSSR count). The van der Waals surface area contributed by atoms with Crippen LogP contribution in [0.2, 0.25) is 0 Å². The molecule has 1 atom stereocenters. The van der Waals surface area contributed by atoms with Crippen LogP contribution < -0.4 is 5.32 Å². The molecule has 1 amide bonds. The molecule has 1 unspecified atom stereocenters. The van der Waals surface area contributed by atoms with Gasteiger partial charge in [-0.05, 0) is 11.6 Å². The van der Waals surface area contributed by atoms with Crippen molar-refractivity contribution in [1.29, 1.82) is 0 Å². The smallest absolute Gasteiger partial charge is 0.408 e. The number of ether oxygens (including phenoxy) is 1. The zero-order chi connectivity index (χ0) is 15.1. The lowest BCUT2D eigenvalue weighted by Crippen LogP contribution is -2.43. The van der Waals surface area contributed by atoms with Crippen LogP contribution in [0.15, 0.2) is 48.8 Å². The fourth-order valence-corrected chi connectivity index (χ4v) is 1.69. The Morgan fingerprint density at radius 1 is 1.29 bits per heavy atom. The van der Waals surface area contributed by atoms with Crippen molar-refractivity contribution in [3.63, 3.8) is 0 Å². The van der Waals surface area contributed by atoms with Crippen molar-refractivity contribution in [2.75, 3.05) is 0 Å². The predicted molar refractivity (Wildman–Crippen MR) is 73.4 cm³/mol. The van der Waals surface area contributed by atoms with Crippen molar-refractivity contribution < 1.29 is 19.4 Å². The van der Waals surface area contributed by atoms with E-state index in [1.807, 2.05) is 30.3 Å². The number of nitrogens with one attached hydrogen (secondary N) is 1. The maximum absolute atomic E-state index is 11.6. The summed E-state index contributed by atoms with van der Waals surface area (Å²) in [4.78, 5) is 22.8. The Morgan fingerprint density at radius 3 is 2.67 bits per heavy atom. The fraction of sp³-hybridized carbons (Fsp3) is 0.214. The van der Waals surface area contributed by atoms with Crippen LogP contribution in [0.1, 0.15) is 5.56 Å². The van der Waals surface area contributed by atoms with Gasteiger partial charge in [-0.3, -0.25) is 4.68 Å². The van der Waals surface area contributed by atoms with E-state index in [2.05, 4.69) is 10.4 Å². The number of aromatic nitrogens is 2. The quantitative estimate of drug-likeness (QED) is 0.835. The molecule has 0 aliphatic heterocycles. The molecule has 21 heavy (non-hydrogen) atoms. The molecule has 0 aliphatic carbocycles. The van der Waals surface area contributed by atoms with Gasteiger partial charge in [0.2, 0.25) is 0 Å². The van der Waals surface area contributed by atoms with Crippen molar-refractivity contribution in [2.24, 2.45) is 0 Å². The number of nitrogens with zero attached hydrogens (tertiary/aromatic N) is 2. The van der Waals surface area contributed by atoms with E-state index in [1.54, 1.807) is 12.3 Å². The number of carboxylic acid groups (broad SMARTS) is 1. The summed E-state index contributed by atoms with van der Waals surface area (Å²) in [5.41, 5.74) is 0.826. The van der Waals surface area contributed by atoms with Crippen LogP contribution >= 0.6 is 0 Å². The van der Waals surface area contributed by atoms with Crippen molar-refractivity contribution in [1.82, 2.24) is 15.1 Å². The summed E-state index contributed by atoms with van der Waals surface area (Å²) < 4.78 is 6.41. The van der Waals surface area contributed by atoms with Crippen molar-refractivity contribution in [2.45, 2.75) is 19.2 Å². The van der Waals surface area contributed by atoms with Gasteiger partial charge in [-0.15, -0.1) is 0 Å². The maximum atomic E-state index is 11.6. The van der Waals surface area contributed by atoms with E-state index in [0.29, 0.717) is 0 Å². The van der Waals surface area contributed by atoms with Crippen LogP contribution in [0, 0.1) is 0 Å². The fourth-order valence-electron chi connectivity index (χ4n) is 1.69. The summed E-state index contributed by atoms with van der Waals surface area (Å²) in [6.45, 7) is 0.115. The number of carboxylic acids is 1. The first-order valence-corrected chi connectivity index (χ1v) is 6.32. The van der Waals surface area contributed by atoms with Gasteiger partial charge in [0.1, 0.15) is 12.6 Å². The third kappa shape index (κ3) is 4.64. The Bertz CT molecular complexity index is 584. The monoisotopic (exact) mass is 289 g/mol. The number of hydrogen-bond acceptors (Lipinski definition) is 4. The van der Waals surface area contributed by atoms with Crippen molar-refractivity contribution in [3.8, 4) is 0 Å². The molecule has 0 fully saturated rings. The van der Waals surface area contributed by atoms with Crippen LogP contribution in [0.25, 0.3) is 0 Å². The Hall–Kier alpha value is -2.83. The number of benzene rings is 1. The largest absolute Gasteiger partial charge is 0.480 e. The third-order valence-electron chi connectivity index (χ3n) is 2.73. The lowest BCUT2D eigenvalue weighted by Gasteiger charge is -2.14. The summed E-state index contributed by atoms with van der Waals surface area (Å²) in [6, 6.07) is 9.70. The molecule has 7 heteroatoms. The normalized spacial score (nSPS) is 11.6. The van der Waals surface area contributed by atoms with Gasteiger partial charge in [-0.25, -0.2) is 9.59 Å². The molecule has 1 aromatic heterocycles. The van der Waals surface area contributed by atoms with E-state index in [4.69, 9.17) is 9.84 Å². The molecule has 1 aromatic carbocycles. The van der Waals surface area contributed by atoms with Gasteiger partial charge in [0.25, 0.3) is 0 Å². The highest BCUT2D eigenvalue weighted by atomic mass is 16.5. The van der Waals surface area contributed by atoms with Crippen molar-refractivity contribution >= 4 is 12.1 Å². The molecular weight excluding hydrogens is 274 g/mol. The van der Waals surface area contributed by atoms with Gasteiger partial charge in [0.05, 0.1) is 6.54 Å². The molecule has 2 aromatic rings. The van der Waals surface area contributed by atoms with Gasteiger partial charge in [-0.2, -0.15) is 5.10 Å². The number of carbonyl (C=O) groups excluding carboxylic acids is 1. The summed E-state index contributed by atoms with van der Waals surface area (Å²) in [5.74, 6) is -1.15. The van der Waals surface area contributed by atoms with Crippen LogP contribution in [0.3, 0.4) is 0 Å². The van der Waals surface area contributed by atoms with Gasteiger partial charge < -0.3 is 15.2 Å². The second-order valence-corrected chi connectivity index (χ2v) is 4.32. The minimum Gasteiger partial charge on any atom is -0.480 e. The standard InChI is InChI=1S/C14H15N3O4/c18-13(19)12(9-17-8-4-7-15-17)16-14(20)21-10-11-5-2-1-3-6-11/h1-8,12H,9-10H2,(H,16,20)(H,18,19). The Balaban J connectivity index is 1.85. The summed E-state index contributed by atoms with van der Waals surface area (Å²) >= 11 is 0. The van der Waals surface area contributed by atoms with Crippen LogP contribution in [0.5, 0.6) is 0 Å². The highest BCUT2D eigenvalue weighted by Gasteiger charge is 2.21. The van der Waals surface area contributed by atoms with Gasteiger partial charge in [-0.1, -0.05) is 30.3 Å². The lowest BCUT2D eigenvalue weighted by molar-refractivity contribution is -0.139. The van der Waals surface area contributed by atoms with Gasteiger partial charge in [0.15, 0.2) is 0 Å². The first-order valence-electron chi connectivity index (χ1n) is 6.32. The lowest BCUT2D eigenvalue weighted by atomic mass is 10.2. The highest BCUT2D eigenvalue weighted by Crippen LogP contribution is 2.01. The van der Waals surface area contributed by atoms with E-state index >= 15 is 0 Å². The highest BCUT2D eigenvalue weighted by molar-refractivity contribution is 5.79. The van der Waals surface area contributed by atoms with E-state index in [1.165, 1.54) is 10.9 Å². The Labute approximate surface area is 121 Å². The summed E-state index contributed by atoms with van der Waals surface area (Å²) in [7, 11) is 0. The molecule has 1 heterocycles. The Morgan fingerprint density at radius 2 is 2.05 bits per heavy atom. The van der Waals surface area contributed by atoms with Crippen molar-refractivity contribution in [3.05, 3.63) is 54.4 Å². The molecule has 2 N–H and O–H groups in total. The minimum atomic E-state index is -1.15. The molecule has 0 bridgehead atoms. The zero-order valence-electron chi connectivity index (χ0n) is 11.2. The number of amides is 1. The number of rotatable bonds is 6. The molecule has 0 radical (unpaired) electrons. The summed E-state index contributed by atoms with van der Waals surface area (Å²) in [6.07, 6.45) is 2.37. The van der Waals surface area contributed by atoms with Crippen LogP contribution in [-0.2, 0) is 22.7 Å². The first kappa shape index (κ1) is 14.6. The number of alkyl carbamates (subject to hydrolysis) is 1. The predicted octanol–water partition coefficient (Wildman–Crippen LogP) is 1.26. The molecule has 7 nitrogen and oxygen atoms in total. The number of carbonyl (C=O) groups is 2. The van der Waals surface area contributed by atoms with Crippen LogP contribution in [-0.4, -0.2) is 33.0 Å². The molecule has 110 valence electrons. The third-order valence-corrected chi connectivity index (χ3v) is 2.73. The second kappa shape index (κ2) is 7.09. The number of aliphatic carboxylic acids is 1. The maximum Gasteiger partial charge on any atom is 0.408 e. The van der Waals surface area contributed by atoms with Gasteiger partial charge >= 0.3 is 12.1 Å². The SMILES string of the molecule is O=C(NC(Cn1cccn1)C(=O)O)OCc1ccccc1. The minimum absolute atomic E-state index is 0.0305. The molecule has 0 saturated heterocycles. The summed E-state index contributed by atoms with van der Waals surface area (Å²) in [5, 5.41) is 15.3. The van der Waals surface area contributed by atoms with E-state index in [-0.39, 0.29) is 13.2 Å². The molecule has 0 spiro atoms. The van der Waals surface area contributed by atoms with E-state index < -0.39 is 18.1 Å². The van der Waals surface area contributed by atoms with Crippen LogP contribution in [0.4, 0.5) is 4.79 Å². The average Bonchev–Trinajstić information content (AvgIpc) is 2.98.